The highest BCUT2D eigenvalue weighted by Gasteiger charge is 2.37. The second kappa shape index (κ2) is 7.99. The van der Waals surface area contributed by atoms with Crippen LogP contribution in [0.3, 0.4) is 0 Å². The van der Waals surface area contributed by atoms with E-state index in [-0.39, 0.29) is 11.8 Å². The number of ketones is 1. The number of fused-ring (bicyclic) bond motifs is 1. The number of carbonyl (C=O) groups excluding carboxylic acids is 1. The first kappa shape index (κ1) is 18.9. The lowest BCUT2D eigenvalue weighted by atomic mass is 9.85. The van der Waals surface area contributed by atoms with E-state index in [1.54, 1.807) is 18.9 Å². The molecule has 0 unspecified atom stereocenters. The molecule has 0 bridgehead atoms. The fourth-order valence-electron chi connectivity index (χ4n) is 4.04. The molecule has 1 aliphatic carbocycles. The van der Waals surface area contributed by atoms with Gasteiger partial charge in [-0.05, 0) is 36.1 Å². The lowest BCUT2D eigenvalue weighted by molar-refractivity contribution is -0.116. The minimum absolute atomic E-state index is 0.177. The Hall–Kier alpha value is -3.06. The summed E-state index contributed by atoms with van der Waals surface area (Å²) in [6, 6.07) is 17.8. The number of hydrogen-bond donors (Lipinski definition) is 1. The molecule has 1 aliphatic heterocycles. The Balaban J connectivity index is 1.53. The Morgan fingerprint density at radius 2 is 2.03 bits per heavy atom. The van der Waals surface area contributed by atoms with Gasteiger partial charge in [0.25, 0.3) is 0 Å². The molecule has 7 heteroatoms. The van der Waals surface area contributed by atoms with Crippen LogP contribution in [0.2, 0.25) is 0 Å². The quantitative estimate of drug-likeness (QED) is 0.611. The highest BCUT2D eigenvalue weighted by molar-refractivity contribution is 7.98. The van der Waals surface area contributed by atoms with Crippen LogP contribution in [-0.2, 0) is 10.5 Å². The van der Waals surface area contributed by atoms with Crippen LogP contribution >= 0.6 is 11.8 Å². The molecule has 2 heterocycles. The third kappa shape index (κ3) is 3.50. The van der Waals surface area contributed by atoms with Gasteiger partial charge in [-0.1, -0.05) is 54.2 Å². The zero-order valence-corrected chi connectivity index (χ0v) is 17.5. The number of nitrogens with one attached hydrogen (secondary N) is 1. The van der Waals surface area contributed by atoms with E-state index in [0.717, 1.165) is 41.2 Å². The molecule has 6 nitrogen and oxygen atoms in total. The van der Waals surface area contributed by atoms with E-state index >= 15 is 0 Å². The Morgan fingerprint density at radius 3 is 2.87 bits per heavy atom. The summed E-state index contributed by atoms with van der Waals surface area (Å²) in [4.78, 5) is 17.6. The molecule has 1 N–H and O–H groups in total. The van der Waals surface area contributed by atoms with Gasteiger partial charge in [-0.3, -0.25) is 4.79 Å². The highest BCUT2D eigenvalue weighted by Crippen LogP contribution is 2.41. The maximum absolute atomic E-state index is 12.9. The SMILES string of the molecule is COc1cccc([C@@H]2C3=C(CCCC3=O)Nc3nc(SCc4ccccc4)nn32)c1. The van der Waals surface area contributed by atoms with Crippen LogP contribution < -0.4 is 10.1 Å². The first-order chi connectivity index (χ1) is 14.7. The Morgan fingerprint density at radius 1 is 1.17 bits per heavy atom. The average molecular weight is 419 g/mol. The van der Waals surface area contributed by atoms with Gasteiger partial charge in [0.15, 0.2) is 5.78 Å². The summed E-state index contributed by atoms with van der Waals surface area (Å²) in [5, 5.41) is 8.86. The van der Waals surface area contributed by atoms with E-state index in [4.69, 9.17) is 14.8 Å². The normalized spacial score (nSPS) is 17.9. The van der Waals surface area contributed by atoms with Crippen LogP contribution in [0, 0.1) is 0 Å². The molecule has 2 aromatic carbocycles. The summed E-state index contributed by atoms with van der Waals surface area (Å²) < 4.78 is 7.27. The van der Waals surface area contributed by atoms with Gasteiger partial charge in [-0.25, -0.2) is 4.68 Å². The van der Waals surface area contributed by atoms with E-state index < -0.39 is 0 Å². The number of carbonyl (C=O) groups is 1. The minimum atomic E-state index is -0.294. The van der Waals surface area contributed by atoms with Crippen LogP contribution in [0.25, 0.3) is 0 Å². The van der Waals surface area contributed by atoms with E-state index in [0.29, 0.717) is 17.5 Å². The number of aromatic nitrogens is 3. The zero-order valence-electron chi connectivity index (χ0n) is 16.7. The Bertz CT molecular complexity index is 1120. The number of benzene rings is 2. The lowest BCUT2D eigenvalue weighted by Gasteiger charge is -2.32. The van der Waals surface area contributed by atoms with Crippen molar-refractivity contribution in [2.24, 2.45) is 0 Å². The van der Waals surface area contributed by atoms with Crippen molar-refractivity contribution in [2.45, 2.75) is 36.2 Å². The van der Waals surface area contributed by atoms with Gasteiger partial charge in [-0.15, -0.1) is 5.10 Å². The van der Waals surface area contributed by atoms with Crippen molar-refractivity contribution in [1.82, 2.24) is 14.8 Å². The van der Waals surface area contributed by atoms with E-state index in [1.165, 1.54) is 5.56 Å². The van der Waals surface area contributed by atoms with Gasteiger partial charge in [0.05, 0.1) is 7.11 Å². The third-order valence-corrected chi connectivity index (χ3v) is 6.38. The Labute approximate surface area is 179 Å². The van der Waals surface area contributed by atoms with Crippen molar-refractivity contribution in [3.63, 3.8) is 0 Å². The molecule has 0 saturated heterocycles. The summed E-state index contributed by atoms with van der Waals surface area (Å²) in [7, 11) is 1.65. The lowest BCUT2D eigenvalue weighted by Crippen LogP contribution is -2.31. The molecule has 0 fully saturated rings. The molecule has 0 saturated carbocycles. The van der Waals surface area contributed by atoms with Crippen molar-refractivity contribution in [2.75, 3.05) is 12.4 Å². The van der Waals surface area contributed by atoms with Crippen LogP contribution in [0.15, 0.2) is 71.0 Å². The van der Waals surface area contributed by atoms with Crippen LogP contribution in [0.4, 0.5) is 5.95 Å². The maximum Gasteiger partial charge on any atom is 0.227 e. The Kier molecular flexibility index (Phi) is 5.04. The van der Waals surface area contributed by atoms with Crippen molar-refractivity contribution >= 4 is 23.5 Å². The number of Topliss-reactive ketones (excluding diaryl/α,β-unsaturated/α-hetero) is 1. The van der Waals surface area contributed by atoms with Crippen molar-refractivity contribution in [1.29, 1.82) is 0 Å². The molecule has 0 radical (unpaired) electrons. The highest BCUT2D eigenvalue weighted by atomic mass is 32.2. The number of rotatable bonds is 5. The smallest absolute Gasteiger partial charge is 0.227 e. The third-order valence-electron chi connectivity index (χ3n) is 5.47. The molecule has 5 rings (SSSR count). The second-order valence-electron chi connectivity index (χ2n) is 7.41. The van der Waals surface area contributed by atoms with Crippen LogP contribution in [0.1, 0.15) is 36.4 Å². The van der Waals surface area contributed by atoms with Gasteiger partial charge in [0, 0.05) is 23.4 Å². The van der Waals surface area contributed by atoms with Crippen molar-refractivity contribution in [3.8, 4) is 5.75 Å². The fourth-order valence-corrected chi connectivity index (χ4v) is 4.82. The van der Waals surface area contributed by atoms with Gasteiger partial charge < -0.3 is 10.1 Å². The number of thioether (sulfide) groups is 1. The van der Waals surface area contributed by atoms with Crippen LogP contribution in [0.5, 0.6) is 5.75 Å². The predicted octanol–water partition coefficient (Wildman–Crippen LogP) is 4.60. The minimum Gasteiger partial charge on any atom is -0.497 e. The molecule has 1 aromatic heterocycles. The maximum atomic E-state index is 12.9. The summed E-state index contributed by atoms with van der Waals surface area (Å²) in [5.74, 6) is 2.42. The van der Waals surface area contributed by atoms with Gasteiger partial charge in [0.2, 0.25) is 11.1 Å². The molecule has 2 aliphatic rings. The number of anilines is 1. The van der Waals surface area contributed by atoms with Crippen molar-refractivity contribution in [3.05, 3.63) is 77.0 Å². The zero-order chi connectivity index (χ0) is 20.5. The summed E-state index contributed by atoms with van der Waals surface area (Å²) >= 11 is 1.59. The predicted molar refractivity (Wildman–Crippen MR) is 117 cm³/mol. The summed E-state index contributed by atoms with van der Waals surface area (Å²) in [6.07, 6.45) is 2.28. The first-order valence-electron chi connectivity index (χ1n) is 10.0. The summed E-state index contributed by atoms with van der Waals surface area (Å²) in [6.45, 7) is 0. The molecule has 0 spiro atoms. The molecular weight excluding hydrogens is 396 g/mol. The summed E-state index contributed by atoms with van der Waals surface area (Å²) in [5.41, 5.74) is 3.97. The monoisotopic (exact) mass is 418 g/mol. The molecule has 0 amide bonds. The largest absolute Gasteiger partial charge is 0.497 e. The van der Waals surface area contributed by atoms with E-state index in [9.17, 15) is 4.79 Å². The number of ether oxygens (including phenoxy) is 1. The molecule has 152 valence electrons. The molecule has 30 heavy (non-hydrogen) atoms. The van der Waals surface area contributed by atoms with Crippen molar-refractivity contribution < 1.29 is 9.53 Å². The van der Waals surface area contributed by atoms with E-state index in [2.05, 4.69) is 17.4 Å². The first-order valence-corrected chi connectivity index (χ1v) is 11.0. The number of allylic oxidation sites excluding steroid dienone is 2. The van der Waals surface area contributed by atoms with Gasteiger partial charge >= 0.3 is 0 Å². The van der Waals surface area contributed by atoms with Gasteiger partial charge in [-0.2, -0.15) is 4.98 Å². The molecule has 1 atom stereocenters. The standard InChI is InChI=1S/C23H22N4O2S/c1-29-17-10-5-9-16(13-17)21-20-18(11-6-12-19(20)28)24-22-25-23(26-27(21)22)30-14-15-7-3-2-4-8-15/h2-5,7-10,13,21H,6,11-12,14H2,1H3,(H,24,25,26)/t21-/m1/s1. The van der Waals surface area contributed by atoms with Gasteiger partial charge in [0.1, 0.15) is 11.8 Å². The average Bonchev–Trinajstić information content (AvgIpc) is 3.19. The topological polar surface area (TPSA) is 69.0 Å². The fraction of sp³-hybridized carbons (Fsp3) is 0.261. The van der Waals surface area contributed by atoms with E-state index in [1.807, 2.05) is 47.1 Å². The second-order valence-corrected chi connectivity index (χ2v) is 8.35. The van der Waals surface area contributed by atoms with Crippen LogP contribution in [-0.4, -0.2) is 27.7 Å². The molecule has 3 aromatic rings. The number of methoxy groups -OCH3 is 1. The number of nitrogens with zero attached hydrogens (tertiary/aromatic N) is 3. The number of hydrogen-bond acceptors (Lipinski definition) is 6. The molecular formula is C23H22N4O2S.